The van der Waals surface area contributed by atoms with Crippen molar-refractivity contribution in [2.75, 3.05) is 0 Å². The smallest absolute Gasteiger partial charge is 0.316 e. The Morgan fingerprint density at radius 3 is 1.80 bits per heavy atom. The summed E-state index contributed by atoms with van der Waals surface area (Å²) in [7, 11) is 0. The molecule has 3 heteroatoms. The molecule has 1 amide bonds. The van der Waals surface area contributed by atoms with Gasteiger partial charge in [-0.05, 0) is 37.3 Å². The van der Waals surface area contributed by atoms with Gasteiger partial charge in [-0.2, -0.15) is 0 Å². The number of carbonyl (C=O) groups excluding carboxylic acids is 1. The van der Waals surface area contributed by atoms with Crippen LogP contribution >= 0.6 is 11.6 Å². The molecule has 0 spiro atoms. The van der Waals surface area contributed by atoms with Gasteiger partial charge in [-0.1, -0.05) is 0 Å². The van der Waals surface area contributed by atoms with Crippen LogP contribution in [0.15, 0.2) is 0 Å². The third-order valence-corrected chi connectivity index (χ3v) is 2.28. The molecule has 2 fully saturated rings. The molecule has 0 aliphatic heterocycles. The van der Waals surface area contributed by atoms with Crippen LogP contribution in [-0.4, -0.2) is 22.3 Å². The van der Waals surface area contributed by atoms with Crippen molar-refractivity contribution in [1.82, 2.24) is 4.90 Å². The third-order valence-electron chi connectivity index (χ3n) is 2.08. The highest BCUT2D eigenvalue weighted by atomic mass is 35.5. The fraction of sp³-hybridized carbons (Fsp3) is 0.857. The van der Waals surface area contributed by atoms with Gasteiger partial charge in [0.1, 0.15) is 0 Å². The lowest BCUT2D eigenvalue weighted by molar-refractivity contribution is 0.216. The molecule has 2 saturated carbocycles. The first-order valence-electron chi connectivity index (χ1n) is 3.77. The number of rotatable bonds is 2. The Kier molecular flexibility index (Phi) is 1.37. The summed E-state index contributed by atoms with van der Waals surface area (Å²) in [6, 6.07) is 0.995. The van der Waals surface area contributed by atoms with E-state index in [4.69, 9.17) is 11.6 Å². The Morgan fingerprint density at radius 1 is 1.20 bits per heavy atom. The normalized spacial score (nSPS) is 24.5. The molecule has 10 heavy (non-hydrogen) atoms. The summed E-state index contributed by atoms with van der Waals surface area (Å²) in [5.74, 6) is 0. The molecule has 0 aromatic rings. The summed E-state index contributed by atoms with van der Waals surface area (Å²) in [6.07, 6.45) is 4.65. The summed E-state index contributed by atoms with van der Waals surface area (Å²) in [5, 5.41) is -0.245. The lowest BCUT2D eigenvalue weighted by Crippen LogP contribution is -2.30. The highest BCUT2D eigenvalue weighted by Crippen LogP contribution is 2.37. The van der Waals surface area contributed by atoms with Gasteiger partial charge in [0.2, 0.25) is 0 Å². The number of carbonyl (C=O) groups is 1. The van der Waals surface area contributed by atoms with Gasteiger partial charge < -0.3 is 4.90 Å². The average molecular weight is 160 g/mol. The number of halogens is 1. The summed E-state index contributed by atoms with van der Waals surface area (Å²) >= 11 is 5.40. The molecule has 0 saturated heterocycles. The SMILES string of the molecule is O=C(Cl)N(C1CC1)C1CC1. The summed E-state index contributed by atoms with van der Waals surface area (Å²) < 4.78 is 0. The Morgan fingerprint density at radius 2 is 1.60 bits per heavy atom. The van der Waals surface area contributed by atoms with Crippen LogP contribution in [0.4, 0.5) is 4.79 Å². The number of hydrogen-bond acceptors (Lipinski definition) is 1. The fourth-order valence-corrected chi connectivity index (χ4v) is 1.57. The van der Waals surface area contributed by atoms with Gasteiger partial charge in [0.05, 0.1) is 0 Å². The first-order chi connectivity index (χ1) is 4.79. The molecular weight excluding hydrogens is 150 g/mol. The van der Waals surface area contributed by atoms with Crippen LogP contribution in [0.1, 0.15) is 25.7 Å². The van der Waals surface area contributed by atoms with Gasteiger partial charge in [-0.15, -0.1) is 0 Å². The van der Waals surface area contributed by atoms with Crippen molar-refractivity contribution in [3.05, 3.63) is 0 Å². The van der Waals surface area contributed by atoms with Crippen LogP contribution in [0.5, 0.6) is 0 Å². The highest BCUT2D eigenvalue weighted by Gasteiger charge is 2.41. The monoisotopic (exact) mass is 159 g/mol. The van der Waals surface area contributed by atoms with Crippen LogP contribution < -0.4 is 0 Å². The van der Waals surface area contributed by atoms with Gasteiger partial charge in [0, 0.05) is 12.1 Å². The van der Waals surface area contributed by atoms with E-state index in [0.29, 0.717) is 12.1 Å². The van der Waals surface area contributed by atoms with Gasteiger partial charge in [-0.3, -0.25) is 4.79 Å². The maximum atomic E-state index is 10.8. The predicted molar refractivity (Wildman–Crippen MR) is 39.1 cm³/mol. The van der Waals surface area contributed by atoms with Crippen molar-refractivity contribution < 1.29 is 4.79 Å². The van der Waals surface area contributed by atoms with Crippen molar-refractivity contribution in [3.63, 3.8) is 0 Å². The quantitative estimate of drug-likeness (QED) is 0.446. The maximum Gasteiger partial charge on any atom is 0.316 e. The fourth-order valence-electron chi connectivity index (χ4n) is 1.29. The van der Waals surface area contributed by atoms with Crippen molar-refractivity contribution in [2.45, 2.75) is 37.8 Å². The van der Waals surface area contributed by atoms with E-state index in [1.54, 1.807) is 0 Å². The summed E-state index contributed by atoms with van der Waals surface area (Å²) in [5.41, 5.74) is 0. The zero-order valence-corrected chi connectivity index (χ0v) is 6.47. The van der Waals surface area contributed by atoms with E-state index < -0.39 is 0 Å². The Bertz CT molecular complexity index is 151. The van der Waals surface area contributed by atoms with Crippen LogP contribution in [0.25, 0.3) is 0 Å². The number of amides is 1. The second-order valence-corrected chi connectivity index (χ2v) is 3.45. The molecule has 2 aliphatic rings. The molecule has 0 atom stereocenters. The topological polar surface area (TPSA) is 20.3 Å². The number of hydrogen-bond donors (Lipinski definition) is 0. The molecule has 2 aliphatic carbocycles. The zero-order chi connectivity index (χ0) is 7.14. The predicted octanol–water partition coefficient (Wildman–Crippen LogP) is 1.97. The first-order valence-corrected chi connectivity index (χ1v) is 4.14. The molecule has 2 rings (SSSR count). The molecule has 0 N–H and O–H groups in total. The van der Waals surface area contributed by atoms with Crippen LogP contribution in [0, 0.1) is 0 Å². The van der Waals surface area contributed by atoms with Crippen molar-refractivity contribution in [3.8, 4) is 0 Å². The highest BCUT2D eigenvalue weighted by molar-refractivity contribution is 6.62. The third kappa shape index (κ3) is 1.12. The second kappa shape index (κ2) is 2.12. The standard InChI is InChI=1S/C7H10ClNO/c8-7(10)9(5-1-2-5)6-3-4-6/h5-6H,1-4H2. The van der Waals surface area contributed by atoms with Crippen LogP contribution in [0.2, 0.25) is 0 Å². The number of nitrogens with zero attached hydrogens (tertiary/aromatic N) is 1. The molecule has 0 radical (unpaired) electrons. The maximum absolute atomic E-state index is 10.8. The lowest BCUT2D eigenvalue weighted by Gasteiger charge is -2.17. The molecule has 0 bridgehead atoms. The Hall–Kier alpha value is -0.240. The van der Waals surface area contributed by atoms with E-state index in [9.17, 15) is 4.79 Å². The molecule has 56 valence electrons. The van der Waals surface area contributed by atoms with E-state index in [1.807, 2.05) is 4.90 Å². The van der Waals surface area contributed by atoms with Crippen molar-refractivity contribution >= 4 is 17.0 Å². The molecular formula is C7H10ClNO. The molecule has 0 aromatic heterocycles. The van der Waals surface area contributed by atoms with Gasteiger partial charge in [0.15, 0.2) is 0 Å². The molecule has 0 heterocycles. The first kappa shape index (κ1) is 6.47. The van der Waals surface area contributed by atoms with Gasteiger partial charge in [0.25, 0.3) is 0 Å². The van der Waals surface area contributed by atoms with Crippen LogP contribution in [-0.2, 0) is 0 Å². The van der Waals surface area contributed by atoms with E-state index in [2.05, 4.69) is 0 Å². The van der Waals surface area contributed by atoms with Crippen LogP contribution in [0.3, 0.4) is 0 Å². The van der Waals surface area contributed by atoms with Crippen molar-refractivity contribution in [1.29, 1.82) is 0 Å². The van der Waals surface area contributed by atoms with Gasteiger partial charge >= 0.3 is 5.37 Å². The Balaban J connectivity index is 1.98. The lowest BCUT2D eigenvalue weighted by atomic mass is 10.5. The average Bonchev–Trinajstić information content (AvgIpc) is 2.49. The minimum absolute atomic E-state index is 0.245. The van der Waals surface area contributed by atoms with E-state index in [-0.39, 0.29) is 5.37 Å². The molecule has 0 aromatic carbocycles. The molecule has 0 unspecified atom stereocenters. The summed E-state index contributed by atoms with van der Waals surface area (Å²) in [6.45, 7) is 0. The minimum Gasteiger partial charge on any atom is -0.323 e. The van der Waals surface area contributed by atoms with E-state index in [1.165, 1.54) is 0 Å². The second-order valence-electron chi connectivity index (χ2n) is 3.12. The molecule has 2 nitrogen and oxygen atoms in total. The zero-order valence-electron chi connectivity index (χ0n) is 5.72. The Labute approximate surface area is 65.1 Å². The largest absolute Gasteiger partial charge is 0.323 e. The minimum atomic E-state index is -0.245. The van der Waals surface area contributed by atoms with E-state index >= 15 is 0 Å². The van der Waals surface area contributed by atoms with Gasteiger partial charge in [-0.25, -0.2) is 0 Å². The summed E-state index contributed by atoms with van der Waals surface area (Å²) in [4.78, 5) is 12.6. The van der Waals surface area contributed by atoms with E-state index in [0.717, 1.165) is 25.7 Å². The van der Waals surface area contributed by atoms with Crippen molar-refractivity contribution in [2.24, 2.45) is 0 Å².